The van der Waals surface area contributed by atoms with E-state index in [0.717, 1.165) is 19.0 Å². The van der Waals surface area contributed by atoms with Gasteiger partial charge < -0.3 is 5.32 Å². The van der Waals surface area contributed by atoms with Crippen LogP contribution < -0.4 is 5.32 Å². The number of rotatable bonds is 3. The van der Waals surface area contributed by atoms with Gasteiger partial charge in [0, 0.05) is 26.2 Å². The minimum Gasteiger partial charge on any atom is -0.305 e. The smallest absolute Gasteiger partial charge is 0.0535 e. The summed E-state index contributed by atoms with van der Waals surface area (Å²) in [7, 11) is 0. The first-order valence-corrected chi connectivity index (χ1v) is 8.30. The van der Waals surface area contributed by atoms with Crippen molar-refractivity contribution in [3.63, 3.8) is 0 Å². The molecule has 2 heteroatoms. The molecule has 21 heavy (non-hydrogen) atoms. The Hall–Kier alpha value is -0.860. The molecule has 1 aromatic carbocycles. The molecular formula is C19H30N2. The van der Waals surface area contributed by atoms with Crippen molar-refractivity contribution in [2.24, 2.45) is 16.7 Å². The molecule has 2 fully saturated rings. The van der Waals surface area contributed by atoms with Crippen molar-refractivity contribution in [1.29, 1.82) is 0 Å². The van der Waals surface area contributed by atoms with E-state index in [1.54, 1.807) is 0 Å². The second-order valence-electron chi connectivity index (χ2n) is 8.36. The van der Waals surface area contributed by atoms with Crippen LogP contribution in [0, 0.1) is 16.7 Å². The van der Waals surface area contributed by atoms with Crippen molar-refractivity contribution in [3.05, 3.63) is 35.9 Å². The second kappa shape index (κ2) is 4.82. The lowest BCUT2D eigenvalue weighted by atomic mass is 9.89. The average molecular weight is 286 g/mol. The molecule has 0 spiro atoms. The predicted octanol–water partition coefficient (Wildman–Crippen LogP) is 3.49. The lowest BCUT2D eigenvalue weighted by Crippen LogP contribution is -2.57. The summed E-state index contributed by atoms with van der Waals surface area (Å²) in [6.45, 7) is 16.7. The number of nitrogens with one attached hydrogen (secondary N) is 1. The van der Waals surface area contributed by atoms with Crippen molar-refractivity contribution in [1.82, 2.24) is 10.2 Å². The zero-order valence-electron chi connectivity index (χ0n) is 14.2. The standard InChI is InChI=1S/C19H30N2/c1-17(2)16(18(17,3)4)13-21-12-11-20-19(5,14-21)15-9-7-6-8-10-15/h6-10,16,20H,11-14H2,1-5H3. The zero-order valence-corrected chi connectivity index (χ0v) is 14.2. The molecule has 1 unspecified atom stereocenters. The van der Waals surface area contributed by atoms with Gasteiger partial charge in [-0.2, -0.15) is 0 Å². The molecule has 1 aliphatic heterocycles. The molecular weight excluding hydrogens is 256 g/mol. The van der Waals surface area contributed by atoms with E-state index in [-0.39, 0.29) is 5.54 Å². The Kier molecular flexibility index (Phi) is 3.46. The van der Waals surface area contributed by atoms with E-state index >= 15 is 0 Å². The maximum atomic E-state index is 3.74. The Morgan fingerprint density at radius 3 is 2.24 bits per heavy atom. The summed E-state index contributed by atoms with van der Waals surface area (Å²) in [6, 6.07) is 10.9. The highest BCUT2D eigenvalue weighted by Gasteiger charge is 2.64. The summed E-state index contributed by atoms with van der Waals surface area (Å²) >= 11 is 0. The van der Waals surface area contributed by atoms with Crippen LogP contribution in [0.1, 0.15) is 40.2 Å². The van der Waals surface area contributed by atoms with Crippen LogP contribution in [0.3, 0.4) is 0 Å². The summed E-state index contributed by atoms with van der Waals surface area (Å²) in [5.41, 5.74) is 2.47. The Morgan fingerprint density at radius 2 is 1.67 bits per heavy atom. The van der Waals surface area contributed by atoms with E-state index in [1.165, 1.54) is 18.7 Å². The summed E-state index contributed by atoms with van der Waals surface area (Å²) in [4.78, 5) is 2.67. The van der Waals surface area contributed by atoms with Crippen LogP contribution in [-0.2, 0) is 5.54 Å². The van der Waals surface area contributed by atoms with Crippen LogP contribution in [-0.4, -0.2) is 31.1 Å². The highest BCUT2D eigenvalue weighted by molar-refractivity contribution is 5.25. The van der Waals surface area contributed by atoms with Gasteiger partial charge in [-0.15, -0.1) is 0 Å². The van der Waals surface area contributed by atoms with Gasteiger partial charge in [0.2, 0.25) is 0 Å². The van der Waals surface area contributed by atoms with Crippen LogP contribution in [0.2, 0.25) is 0 Å². The number of hydrogen-bond acceptors (Lipinski definition) is 2. The number of benzene rings is 1. The normalized spacial score (nSPS) is 32.0. The van der Waals surface area contributed by atoms with Crippen molar-refractivity contribution < 1.29 is 0 Å². The fourth-order valence-corrected chi connectivity index (χ4v) is 4.28. The van der Waals surface area contributed by atoms with Crippen LogP contribution >= 0.6 is 0 Å². The van der Waals surface area contributed by atoms with Gasteiger partial charge in [-0.1, -0.05) is 58.0 Å². The van der Waals surface area contributed by atoms with Crippen molar-refractivity contribution in [3.8, 4) is 0 Å². The van der Waals surface area contributed by atoms with Gasteiger partial charge in [0.05, 0.1) is 5.54 Å². The first-order chi connectivity index (χ1) is 9.77. The van der Waals surface area contributed by atoms with Gasteiger partial charge >= 0.3 is 0 Å². The highest BCUT2D eigenvalue weighted by atomic mass is 15.2. The molecule has 1 aromatic rings. The first-order valence-electron chi connectivity index (χ1n) is 8.30. The summed E-state index contributed by atoms with van der Waals surface area (Å²) in [6.07, 6.45) is 0. The molecule has 2 nitrogen and oxygen atoms in total. The van der Waals surface area contributed by atoms with Gasteiger partial charge in [0.25, 0.3) is 0 Å². The maximum Gasteiger partial charge on any atom is 0.0535 e. The van der Waals surface area contributed by atoms with Crippen LogP contribution in [0.25, 0.3) is 0 Å². The van der Waals surface area contributed by atoms with Crippen molar-refractivity contribution >= 4 is 0 Å². The number of hydrogen-bond donors (Lipinski definition) is 1. The van der Waals surface area contributed by atoms with Gasteiger partial charge in [-0.3, -0.25) is 4.90 Å². The number of piperazine rings is 1. The van der Waals surface area contributed by atoms with Crippen LogP contribution in [0.5, 0.6) is 0 Å². The molecule has 3 rings (SSSR count). The van der Waals surface area contributed by atoms with E-state index in [0.29, 0.717) is 10.8 Å². The molecule has 0 aromatic heterocycles. The van der Waals surface area contributed by atoms with E-state index in [4.69, 9.17) is 0 Å². The van der Waals surface area contributed by atoms with Gasteiger partial charge in [0.1, 0.15) is 0 Å². The third-order valence-electron chi connectivity index (χ3n) is 6.65. The second-order valence-corrected chi connectivity index (χ2v) is 8.36. The molecule has 116 valence electrons. The maximum absolute atomic E-state index is 3.74. The molecule has 1 saturated heterocycles. The minimum absolute atomic E-state index is 0.0860. The first kappa shape index (κ1) is 15.1. The minimum atomic E-state index is 0.0860. The van der Waals surface area contributed by atoms with E-state index in [1.807, 2.05) is 0 Å². The Morgan fingerprint density at radius 1 is 1.05 bits per heavy atom. The van der Waals surface area contributed by atoms with Crippen LogP contribution in [0.15, 0.2) is 30.3 Å². The van der Waals surface area contributed by atoms with Gasteiger partial charge in [-0.25, -0.2) is 0 Å². The summed E-state index contributed by atoms with van der Waals surface area (Å²) in [5.74, 6) is 0.822. The predicted molar refractivity (Wildman–Crippen MR) is 89.3 cm³/mol. The lowest BCUT2D eigenvalue weighted by molar-refractivity contribution is 0.131. The van der Waals surface area contributed by atoms with Crippen molar-refractivity contribution in [2.45, 2.75) is 40.2 Å². The molecule has 2 aliphatic rings. The highest BCUT2D eigenvalue weighted by Crippen LogP contribution is 2.68. The molecule has 0 amide bonds. The quantitative estimate of drug-likeness (QED) is 0.915. The SMILES string of the molecule is CC1(c2ccccc2)CN(CC2C(C)(C)C2(C)C)CCN1. The van der Waals surface area contributed by atoms with E-state index < -0.39 is 0 Å². The largest absolute Gasteiger partial charge is 0.305 e. The molecule has 1 aliphatic carbocycles. The van der Waals surface area contributed by atoms with Gasteiger partial charge in [-0.05, 0) is 29.2 Å². The van der Waals surface area contributed by atoms with Gasteiger partial charge in [0.15, 0.2) is 0 Å². The van der Waals surface area contributed by atoms with Crippen LogP contribution in [0.4, 0.5) is 0 Å². The van der Waals surface area contributed by atoms with E-state index in [9.17, 15) is 0 Å². The molecule has 1 N–H and O–H groups in total. The molecule has 0 radical (unpaired) electrons. The fourth-order valence-electron chi connectivity index (χ4n) is 4.28. The monoisotopic (exact) mass is 286 g/mol. The third kappa shape index (κ3) is 2.43. The molecule has 1 atom stereocenters. The van der Waals surface area contributed by atoms with Crippen molar-refractivity contribution in [2.75, 3.05) is 26.2 Å². The zero-order chi connectivity index (χ0) is 15.3. The Bertz CT molecular complexity index is 492. The third-order valence-corrected chi connectivity index (χ3v) is 6.65. The summed E-state index contributed by atoms with van der Waals surface area (Å²) < 4.78 is 0. The summed E-state index contributed by atoms with van der Waals surface area (Å²) in [5, 5.41) is 3.74. The molecule has 1 saturated carbocycles. The lowest BCUT2D eigenvalue weighted by Gasteiger charge is -2.42. The Balaban J connectivity index is 1.70. The molecule has 1 heterocycles. The molecule has 0 bridgehead atoms. The average Bonchev–Trinajstić information content (AvgIpc) is 2.82. The topological polar surface area (TPSA) is 15.3 Å². The number of nitrogens with zero attached hydrogens (tertiary/aromatic N) is 1. The fraction of sp³-hybridized carbons (Fsp3) is 0.684. The van der Waals surface area contributed by atoms with E-state index in [2.05, 4.69) is 75.2 Å². The Labute approximate surface area is 129 Å².